The highest BCUT2D eigenvalue weighted by molar-refractivity contribution is 6.04. The van der Waals surface area contributed by atoms with Gasteiger partial charge in [-0.3, -0.25) is 9.78 Å². The summed E-state index contributed by atoms with van der Waals surface area (Å²) in [6, 6.07) is 9.00. The van der Waals surface area contributed by atoms with Crippen molar-refractivity contribution in [3.63, 3.8) is 0 Å². The Bertz CT molecular complexity index is 735. The number of hydrogen-bond acceptors (Lipinski definition) is 4. The van der Waals surface area contributed by atoms with Gasteiger partial charge in [0.25, 0.3) is 5.91 Å². The highest BCUT2D eigenvalue weighted by Gasteiger charge is 2.36. The van der Waals surface area contributed by atoms with Gasteiger partial charge < -0.3 is 15.5 Å². The topological polar surface area (TPSA) is 57.3 Å². The number of para-hydroxylation sites is 1. The fourth-order valence-electron chi connectivity index (χ4n) is 3.21. The van der Waals surface area contributed by atoms with E-state index in [9.17, 15) is 9.18 Å². The van der Waals surface area contributed by atoms with Crippen LogP contribution in [0.15, 0.2) is 42.7 Å². The number of piperidine rings is 1. The molecule has 3 fully saturated rings. The van der Waals surface area contributed by atoms with Crippen molar-refractivity contribution < 1.29 is 9.18 Å². The van der Waals surface area contributed by atoms with Gasteiger partial charge in [0.05, 0.1) is 23.1 Å². The van der Waals surface area contributed by atoms with Crippen LogP contribution >= 0.6 is 0 Å². The van der Waals surface area contributed by atoms with E-state index in [0.717, 1.165) is 18.8 Å². The number of rotatable bonds is 3. The zero-order chi connectivity index (χ0) is 15.8. The van der Waals surface area contributed by atoms with E-state index in [4.69, 9.17) is 0 Å². The van der Waals surface area contributed by atoms with Gasteiger partial charge in [0.2, 0.25) is 0 Å². The van der Waals surface area contributed by atoms with Gasteiger partial charge in [-0.1, -0.05) is 12.1 Å². The first-order valence-corrected chi connectivity index (χ1v) is 7.71. The van der Waals surface area contributed by atoms with Gasteiger partial charge in [-0.25, -0.2) is 4.39 Å². The number of carbonyl (C=O) groups is 1. The van der Waals surface area contributed by atoms with E-state index in [0.29, 0.717) is 17.6 Å². The van der Waals surface area contributed by atoms with E-state index < -0.39 is 5.82 Å². The van der Waals surface area contributed by atoms with Crippen LogP contribution in [0.2, 0.25) is 0 Å². The van der Waals surface area contributed by atoms with Crippen molar-refractivity contribution in [2.45, 2.75) is 18.5 Å². The largest absolute Gasteiger partial charge is 0.367 e. The molecular weight excluding hydrogens is 295 g/mol. The molecule has 0 radical (unpaired) electrons. The Labute approximate surface area is 133 Å². The number of anilines is 2. The molecule has 2 atom stereocenters. The highest BCUT2D eigenvalue weighted by Crippen LogP contribution is 2.26. The van der Waals surface area contributed by atoms with E-state index in [2.05, 4.69) is 20.5 Å². The van der Waals surface area contributed by atoms with Gasteiger partial charge in [-0.2, -0.15) is 0 Å². The van der Waals surface area contributed by atoms with E-state index in [1.165, 1.54) is 24.8 Å². The van der Waals surface area contributed by atoms with Crippen molar-refractivity contribution >= 4 is 17.3 Å². The van der Waals surface area contributed by atoms with E-state index in [1.54, 1.807) is 18.3 Å². The monoisotopic (exact) mass is 312 g/mol. The van der Waals surface area contributed by atoms with Gasteiger partial charge in [0, 0.05) is 31.4 Å². The maximum absolute atomic E-state index is 13.6. The fraction of sp³-hybridized carbons (Fsp3) is 0.294. The number of pyridine rings is 1. The summed E-state index contributed by atoms with van der Waals surface area (Å²) >= 11 is 0. The molecule has 1 aromatic carbocycles. The molecule has 0 spiro atoms. The molecule has 23 heavy (non-hydrogen) atoms. The molecule has 4 heterocycles. The van der Waals surface area contributed by atoms with Crippen LogP contribution in [0.5, 0.6) is 0 Å². The van der Waals surface area contributed by atoms with Crippen LogP contribution in [0.3, 0.4) is 0 Å². The summed E-state index contributed by atoms with van der Waals surface area (Å²) in [6.45, 7) is 1.85. The predicted molar refractivity (Wildman–Crippen MR) is 86.1 cm³/mol. The SMILES string of the molecule is O=C(Nc1ccccc1F)c1cncc(N2CC3CC(C2)N3)c1. The minimum atomic E-state index is -0.452. The molecule has 2 unspecified atom stereocenters. The van der Waals surface area contributed by atoms with Gasteiger partial charge in [-0.05, 0) is 24.6 Å². The third-order valence-corrected chi connectivity index (χ3v) is 4.40. The number of nitrogens with zero attached hydrogens (tertiary/aromatic N) is 2. The quantitative estimate of drug-likeness (QED) is 0.910. The number of amides is 1. The van der Waals surface area contributed by atoms with Crippen LogP contribution < -0.4 is 15.5 Å². The molecule has 1 amide bonds. The van der Waals surface area contributed by atoms with E-state index in [-0.39, 0.29) is 11.6 Å². The van der Waals surface area contributed by atoms with Crippen molar-refractivity contribution in [1.82, 2.24) is 10.3 Å². The number of fused-ring (bicyclic) bond motifs is 2. The average Bonchev–Trinajstić information content (AvgIpc) is 2.56. The van der Waals surface area contributed by atoms with Crippen LogP contribution in [0.25, 0.3) is 0 Å². The van der Waals surface area contributed by atoms with Gasteiger partial charge in [0.1, 0.15) is 5.82 Å². The van der Waals surface area contributed by atoms with Crippen LogP contribution in [0.4, 0.5) is 15.8 Å². The standard InChI is InChI=1S/C17H17FN4O/c18-15-3-1-2-4-16(15)21-17(23)11-5-14(8-19-7-11)22-9-12-6-13(10-22)20-12/h1-5,7-8,12-13,20H,6,9-10H2,(H,21,23). The Morgan fingerprint density at radius 3 is 2.74 bits per heavy atom. The molecule has 5 nitrogen and oxygen atoms in total. The van der Waals surface area contributed by atoms with Crippen LogP contribution in [-0.4, -0.2) is 36.1 Å². The number of benzene rings is 1. The molecule has 2 aromatic rings. The van der Waals surface area contributed by atoms with Crippen molar-refractivity contribution in [2.24, 2.45) is 0 Å². The Morgan fingerprint density at radius 2 is 2.00 bits per heavy atom. The normalized spacial score (nSPS) is 22.4. The third-order valence-electron chi connectivity index (χ3n) is 4.40. The van der Waals surface area contributed by atoms with E-state index in [1.807, 2.05) is 6.07 Å². The number of piperazine rings is 1. The van der Waals surface area contributed by atoms with Crippen LogP contribution in [-0.2, 0) is 0 Å². The lowest BCUT2D eigenvalue weighted by molar-refractivity contribution is 0.102. The third kappa shape index (κ3) is 2.77. The summed E-state index contributed by atoms with van der Waals surface area (Å²) in [5, 5.41) is 6.06. The Balaban J connectivity index is 1.51. The molecule has 0 aliphatic carbocycles. The second-order valence-corrected chi connectivity index (χ2v) is 6.07. The maximum atomic E-state index is 13.6. The minimum absolute atomic E-state index is 0.173. The van der Waals surface area contributed by atoms with Crippen LogP contribution in [0, 0.1) is 5.82 Å². The molecule has 118 valence electrons. The molecule has 5 rings (SSSR count). The minimum Gasteiger partial charge on any atom is -0.367 e. The second kappa shape index (κ2) is 5.62. The average molecular weight is 312 g/mol. The number of carbonyl (C=O) groups excluding carboxylic acids is 1. The lowest BCUT2D eigenvalue weighted by atomic mass is 9.91. The lowest BCUT2D eigenvalue weighted by Gasteiger charge is -2.49. The number of nitrogens with one attached hydrogen (secondary N) is 2. The summed E-state index contributed by atoms with van der Waals surface area (Å²) < 4.78 is 13.6. The predicted octanol–water partition coefficient (Wildman–Crippen LogP) is 2.02. The first-order valence-electron chi connectivity index (χ1n) is 7.71. The molecule has 6 heteroatoms. The fourth-order valence-corrected chi connectivity index (χ4v) is 3.21. The molecule has 2 bridgehead atoms. The Hall–Kier alpha value is -2.47. The Morgan fingerprint density at radius 1 is 1.26 bits per heavy atom. The summed E-state index contributed by atoms with van der Waals surface area (Å²) in [4.78, 5) is 18.7. The highest BCUT2D eigenvalue weighted by atomic mass is 19.1. The number of aromatic nitrogens is 1. The summed E-state index contributed by atoms with van der Waals surface area (Å²) in [6.07, 6.45) is 4.49. The lowest BCUT2D eigenvalue weighted by Crippen LogP contribution is -2.67. The van der Waals surface area contributed by atoms with Crippen molar-refractivity contribution in [1.29, 1.82) is 0 Å². The van der Waals surface area contributed by atoms with Gasteiger partial charge in [0.15, 0.2) is 0 Å². The molecule has 0 saturated carbocycles. The molecule has 3 aliphatic heterocycles. The summed E-state index contributed by atoms with van der Waals surface area (Å²) in [7, 11) is 0. The van der Waals surface area contributed by atoms with Crippen LogP contribution in [0.1, 0.15) is 16.8 Å². The Kier molecular flexibility index (Phi) is 3.46. The van der Waals surface area contributed by atoms with E-state index >= 15 is 0 Å². The van der Waals surface area contributed by atoms with Gasteiger partial charge in [-0.15, -0.1) is 0 Å². The first-order chi connectivity index (χ1) is 11.2. The summed E-state index contributed by atoms with van der Waals surface area (Å²) in [5.74, 6) is -0.808. The zero-order valence-electron chi connectivity index (χ0n) is 12.5. The molecular formula is C17H17FN4O. The summed E-state index contributed by atoms with van der Waals surface area (Å²) in [5.41, 5.74) is 1.53. The molecule has 3 saturated heterocycles. The zero-order valence-corrected chi connectivity index (χ0v) is 12.5. The van der Waals surface area contributed by atoms with Crippen molar-refractivity contribution in [3.8, 4) is 0 Å². The second-order valence-electron chi connectivity index (χ2n) is 6.07. The molecule has 1 aromatic heterocycles. The smallest absolute Gasteiger partial charge is 0.257 e. The molecule has 2 N–H and O–H groups in total. The van der Waals surface area contributed by atoms with Crippen molar-refractivity contribution in [2.75, 3.05) is 23.3 Å². The van der Waals surface area contributed by atoms with Crippen molar-refractivity contribution in [3.05, 3.63) is 54.1 Å². The van der Waals surface area contributed by atoms with Gasteiger partial charge >= 0.3 is 0 Å². The number of halogens is 1. The first kappa shape index (κ1) is 14.1. The maximum Gasteiger partial charge on any atom is 0.257 e. The number of hydrogen-bond donors (Lipinski definition) is 2. The molecule has 3 aliphatic rings.